The summed E-state index contributed by atoms with van der Waals surface area (Å²) in [5.74, 6) is 0.340. The Morgan fingerprint density at radius 2 is 2.04 bits per heavy atom. The summed E-state index contributed by atoms with van der Waals surface area (Å²) >= 11 is 0. The molecule has 4 aromatic rings. The lowest BCUT2D eigenvalue weighted by Gasteiger charge is -2.02. The molecule has 8 heteroatoms. The van der Waals surface area contributed by atoms with E-state index in [-0.39, 0.29) is 11.9 Å². The SMILES string of the molecule is O=C(Nc1n[nH]c(-c2ccc3ccccc3n2)n1)c1cnc2c(c1)COC2. The van der Waals surface area contributed by atoms with Crippen LogP contribution < -0.4 is 5.32 Å². The molecule has 1 aromatic carbocycles. The molecule has 1 aliphatic rings. The number of aromatic nitrogens is 5. The van der Waals surface area contributed by atoms with Crippen LogP contribution in [0.25, 0.3) is 22.4 Å². The van der Waals surface area contributed by atoms with Gasteiger partial charge in [-0.2, -0.15) is 4.98 Å². The molecule has 0 aliphatic carbocycles. The van der Waals surface area contributed by atoms with Crippen LogP contribution >= 0.6 is 0 Å². The van der Waals surface area contributed by atoms with E-state index in [1.54, 1.807) is 6.07 Å². The van der Waals surface area contributed by atoms with Gasteiger partial charge in [-0.25, -0.2) is 4.98 Å². The highest BCUT2D eigenvalue weighted by atomic mass is 16.5. The summed E-state index contributed by atoms with van der Waals surface area (Å²) in [4.78, 5) is 25.6. The number of rotatable bonds is 3. The number of hydrogen-bond donors (Lipinski definition) is 2. The molecule has 1 aliphatic heterocycles. The Morgan fingerprint density at radius 1 is 1.11 bits per heavy atom. The van der Waals surface area contributed by atoms with E-state index in [2.05, 4.69) is 30.5 Å². The van der Waals surface area contributed by atoms with Crippen molar-refractivity contribution < 1.29 is 9.53 Å². The third-order valence-corrected chi connectivity index (χ3v) is 4.37. The van der Waals surface area contributed by atoms with E-state index >= 15 is 0 Å². The molecule has 0 spiro atoms. The Balaban J connectivity index is 1.37. The minimum Gasteiger partial charge on any atom is -0.370 e. The molecule has 8 nitrogen and oxygen atoms in total. The average molecular weight is 358 g/mol. The second kappa shape index (κ2) is 6.26. The predicted octanol–water partition coefficient (Wildman–Crippen LogP) is 2.70. The molecule has 0 radical (unpaired) electrons. The maximum absolute atomic E-state index is 12.4. The standard InChI is InChI=1S/C19H14N6O2/c26-18(12-7-13-9-27-10-16(13)20-8-12)23-19-22-17(24-25-19)15-6-5-11-3-1-2-4-14(11)21-15/h1-8H,9-10H2,(H2,22,23,24,25,26). The topological polar surface area (TPSA) is 106 Å². The van der Waals surface area contributed by atoms with E-state index < -0.39 is 0 Å². The number of nitrogens with zero attached hydrogens (tertiary/aromatic N) is 4. The molecule has 0 unspecified atom stereocenters. The van der Waals surface area contributed by atoms with Crippen LogP contribution in [0.15, 0.2) is 48.7 Å². The quantitative estimate of drug-likeness (QED) is 0.583. The maximum atomic E-state index is 12.4. The molecule has 0 atom stereocenters. The van der Waals surface area contributed by atoms with Crippen molar-refractivity contribution >= 4 is 22.8 Å². The van der Waals surface area contributed by atoms with Gasteiger partial charge in [-0.15, -0.1) is 5.10 Å². The van der Waals surface area contributed by atoms with Gasteiger partial charge in [0, 0.05) is 17.1 Å². The molecule has 0 bridgehead atoms. The van der Waals surface area contributed by atoms with Crippen molar-refractivity contribution in [1.29, 1.82) is 0 Å². The first-order valence-electron chi connectivity index (χ1n) is 8.42. The average Bonchev–Trinajstić information content (AvgIpc) is 3.36. The van der Waals surface area contributed by atoms with Crippen LogP contribution in [-0.2, 0) is 18.0 Å². The van der Waals surface area contributed by atoms with Gasteiger partial charge < -0.3 is 4.74 Å². The number of para-hydroxylation sites is 1. The zero-order valence-electron chi connectivity index (χ0n) is 14.1. The van der Waals surface area contributed by atoms with Crippen LogP contribution in [-0.4, -0.2) is 31.1 Å². The van der Waals surface area contributed by atoms with Crippen molar-refractivity contribution in [2.24, 2.45) is 0 Å². The van der Waals surface area contributed by atoms with Crippen LogP contribution in [0.2, 0.25) is 0 Å². The predicted molar refractivity (Wildman–Crippen MR) is 97.8 cm³/mol. The number of carbonyl (C=O) groups is 1. The number of carbonyl (C=O) groups excluding carboxylic acids is 1. The van der Waals surface area contributed by atoms with E-state index in [0.717, 1.165) is 22.2 Å². The zero-order valence-corrected chi connectivity index (χ0v) is 14.1. The number of anilines is 1. The number of aromatic amines is 1. The number of amides is 1. The molecular weight excluding hydrogens is 344 g/mol. The first-order valence-corrected chi connectivity index (χ1v) is 8.42. The Labute approximate surface area is 153 Å². The first-order chi connectivity index (χ1) is 13.3. The summed E-state index contributed by atoms with van der Waals surface area (Å²) < 4.78 is 5.32. The van der Waals surface area contributed by atoms with E-state index in [0.29, 0.717) is 30.3 Å². The number of H-pyrrole nitrogens is 1. The molecule has 5 rings (SSSR count). The highest BCUT2D eigenvalue weighted by Crippen LogP contribution is 2.20. The molecule has 0 saturated carbocycles. The number of benzene rings is 1. The summed E-state index contributed by atoms with van der Waals surface area (Å²) in [5, 5.41) is 10.6. The second-order valence-electron chi connectivity index (χ2n) is 6.17. The summed E-state index contributed by atoms with van der Waals surface area (Å²) in [7, 11) is 0. The lowest BCUT2D eigenvalue weighted by molar-refractivity contribution is 0.102. The van der Waals surface area contributed by atoms with Gasteiger partial charge in [-0.3, -0.25) is 20.2 Å². The number of hydrogen-bond acceptors (Lipinski definition) is 6. The van der Waals surface area contributed by atoms with Gasteiger partial charge in [0.2, 0.25) is 5.95 Å². The Hall–Kier alpha value is -3.65. The van der Waals surface area contributed by atoms with E-state index in [4.69, 9.17) is 4.74 Å². The van der Waals surface area contributed by atoms with Crippen molar-refractivity contribution in [2.75, 3.05) is 5.32 Å². The Bertz CT molecular complexity index is 1170. The highest BCUT2D eigenvalue weighted by molar-refractivity contribution is 6.03. The van der Waals surface area contributed by atoms with Gasteiger partial charge in [0.15, 0.2) is 5.82 Å². The summed E-state index contributed by atoms with van der Waals surface area (Å²) in [6.45, 7) is 0.960. The van der Waals surface area contributed by atoms with Crippen molar-refractivity contribution in [1.82, 2.24) is 25.1 Å². The third-order valence-electron chi connectivity index (χ3n) is 4.37. The molecular formula is C19H14N6O2. The molecule has 1 amide bonds. The summed E-state index contributed by atoms with van der Waals surface area (Å²) in [5.41, 5.74) is 3.75. The number of pyridine rings is 2. The van der Waals surface area contributed by atoms with Gasteiger partial charge in [0.05, 0.1) is 30.0 Å². The van der Waals surface area contributed by atoms with Gasteiger partial charge in [0.25, 0.3) is 5.91 Å². The summed E-state index contributed by atoms with van der Waals surface area (Å²) in [6, 6.07) is 13.4. The van der Waals surface area contributed by atoms with Crippen LogP contribution in [0.3, 0.4) is 0 Å². The molecule has 0 fully saturated rings. The lowest BCUT2D eigenvalue weighted by atomic mass is 10.1. The van der Waals surface area contributed by atoms with Gasteiger partial charge in [-0.1, -0.05) is 24.3 Å². The van der Waals surface area contributed by atoms with E-state index in [1.807, 2.05) is 36.4 Å². The van der Waals surface area contributed by atoms with E-state index in [9.17, 15) is 4.79 Å². The van der Waals surface area contributed by atoms with Crippen LogP contribution in [0.5, 0.6) is 0 Å². The third kappa shape index (κ3) is 2.91. The number of nitrogens with one attached hydrogen (secondary N) is 2. The van der Waals surface area contributed by atoms with Crippen molar-refractivity contribution in [3.05, 3.63) is 65.5 Å². The molecule has 27 heavy (non-hydrogen) atoms. The zero-order chi connectivity index (χ0) is 18.2. The fourth-order valence-corrected chi connectivity index (χ4v) is 2.98. The Morgan fingerprint density at radius 3 is 3.00 bits per heavy atom. The minimum absolute atomic E-state index is 0.182. The van der Waals surface area contributed by atoms with Crippen molar-refractivity contribution in [3.63, 3.8) is 0 Å². The smallest absolute Gasteiger partial charge is 0.259 e. The number of fused-ring (bicyclic) bond motifs is 2. The van der Waals surface area contributed by atoms with Crippen LogP contribution in [0.4, 0.5) is 5.95 Å². The van der Waals surface area contributed by atoms with E-state index in [1.165, 1.54) is 6.20 Å². The normalized spacial score (nSPS) is 12.9. The van der Waals surface area contributed by atoms with Gasteiger partial charge in [-0.05, 0) is 18.2 Å². The summed E-state index contributed by atoms with van der Waals surface area (Å²) in [6.07, 6.45) is 1.53. The monoisotopic (exact) mass is 358 g/mol. The van der Waals surface area contributed by atoms with Crippen LogP contribution in [0.1, 0.15) is 21.6 Å². The second-order valence-corrected chi connectivity index (χ2v) is 6.17. The number of ether oxygens (including phenoxy) is 1. The van der Waals surface area contributed by atoms with Crippen LogP contribution in [0, 0.1) is 0 Å². The molecule has 2 N–H and O–H groups in total. The fraction of sp³-hybridized carbons (Fsp3) is 0.105. The maximum Gasteiger partial charge on any atom is 0.259 e. The minimum atomic E-state index is -0.325. The largest absolute Gasteiger partial charge is 0.370 e. The highest BCUT2D eigenvalue weighted by Gasteiger charge is 2.17. The first kappa shape index (κ1) is 15.6. The fourth-order valence-electron chi connectivity index (χ4n) is 2.98. The van der Waals surface area contributed by atoms with Crippen molar-refractivity contribution in [2.45, 2.75) is 13.2 Å². The lowest BCUT2D eigenvalue weighted by Crippen LogP contribution is -2.14. The van der Waals surface area contributed by atoms with Gasteiger partial charge >= 0.3 is 0 Å². The molecule has 0 saturated heterocycles. The van der Waals surface area contributed by atoms with Crippen molar-refractivity contribution in [3.8, 4) is 11.5 Å². The molecule has 3 aromatic heterocycles. The molecule has 132 valence electrons. The Kier molecular flexibility index (Phi) is 3.61. The molecule has 4 heterocycles. The van der Waals surface area contributed by atoms with Gasteiger partial charge in [0.1, 0.15) is 5.69 Å².